The molecule has 1 unspecified atom stereocenters. The Bertz CT molecular complexity index is 352. The van der Waals surface area contributed by atoms with Gasteiger partial charge in [0.05, 0.1) is 5.25 Å². The molecular formula is C10H12FNOS. The molecule has 1 amide bonds. The number of benzene rings is 1. The number of amides is 1. The predicted octanol–water partition coefficient (Wildman–Crippen LogP) is 2.39. The van der Waals surface area contributed by atoms with Gasteiger partial charge in [0.2, 0.25) is 5.91 Å². The predicted molar refractivity (Wildman–Crippen MR) is 58.2 cm³/mol. The van der Waals surface area contributed by atoms with Crippen LogP contribution in [0.4, 0.5) is 10.1 Å². The van der Waals surface area contributed by atoms with Crippen LogP contribution in [0.2, 0.25) is 0 Å². The molecule has 0 saturated heterocycles. The fourth-order valence-corrected chi connectivity index (χ4v) is 1.03. The molecule has 1 rings (SSSR count). The summed E-state index contributed by atoms with van der Waals surface area (Å²) in [5.74, 6) is -0.471. The minimum atomic E-state index is -0.375. The van der Waals surface area contributed by atoms with Crippen molar-refractivity contribution < 1.29 is 9.18 Å². The highest BCUT2D eigenvalue weighted by Crippen LogP contribution is 2.14. The van der Waals surface area contributed by atoms with E-state index in [1.165, 1.54) is 12.1 Å². The number of aryl methyl sites for hydroxylation is 1. The Balaban J connectivity index is 2.78. The molecule has 0 aromatic heterocycles. The number of thiol groups is 1. The number of hydrogen-bond acceptors (Lipinski definition) is 2. The molecule has 76 valence electrons. The molecule has 1 N–H and O–H groups in total. The Kier molecular flexibility index (Phi) is 3.52. The lowest BCUT2D eigenvalue weighted by molar-refractivity contribution is -0.115. The summed E-state index contributed by atoms with van der Waals surface area (Å²) in [6.45, 7) is 3.32. The van der Waals surface area contributed by atoms with Crippen LogP contribution in [0.3, 0.4) is 0 Å². The second-order valence-electron chi connectivity index (χ2n) is 3.13. The lowest BCUT2D eigenvalue weighted by Gasteiger charge is -2.07. The summed E-state index contributed by atoms with van der Waals surface area (Å²) in [6.07, 6.45) is 0. The highest BCUT2D eigenvalue weighted by atomic mass is 32.1. The van der Waals surface area contributed by atoms with E-state index >= 15 is 0 Å². The van der Waals surface area contributed by atoms with E-state index in [0.29, 0.717) is 11.3 Å². The van der Waals surface area contributed by atoms with Gasteiger partial charge in [-0.1, -0.05) is 0 Å². The van der Waals surface area contributed by atoms with Gasteiger partial charge in [0.1, 0.15) is 5.82 Å². The van der Waals surface area contributed by atoms with Crippen LogP contribution >= 0.6 is 12.6 Å². The van der Waals surface area contributed by atoms with Gasteiger partial charge >= 0.3 is 0 Å². The second-order valence-corrected chi connectivity index (χ2v) is 3.90. The van der Waals surface area contributed by atoms with Gasteiger partial charge in [0.15, 0.2) is 0 Å². The lowest BCUT2D eigenvalue weighted by Crippen LogP contribution is -2.20. The summed E-state index contributed by atoms with van der Waals surface area (Å²) in [4.78, 5) is 11.2. The topological polar surface area (TPSA) is 29.1 Å². The maximum atomic E-state index is 12.9. The van der Waals surface area contributed by atoms with Gasteiger partial charge in [-0.15, -0.1) is 0 Å². The second kappa shape index (κ2) is 4.46. The summed E-state index contributed by atoms with van der Waals surface area (Å²) < 4.78 is 12.9. The molecule has 0 fully saturated rings. The third-order valence-electron chi connectivity index (χ3n) is 1.80. The van der Waals surface area contributed by atoms with Gasteiger partial charge in [-0.3, -0.25) is 4.79 Å². The number of carbonyl (C=O) groups excluding carboxylic acids is 1. The first-order chi connectivity index (χ1) is 6.50. The van der Waals surface area contributed by atoms with Crippen molar-refractivity contribution in [2.24, 2.45) is 0 Å². The molecule has 2 nitrogen and oxygen atoms in total. The van der Waals surface area contributed by atoms with Crippen LogP contribution in [0.25, 0.3) is 0 Å². The zero-order valence-electron chi connectivity index (χ0n) is 8.04. The Morgan fingerprint density at radius 1 is 1.57 bits per heavy atom. The van der Waals surface area contributed by atoms with Crippen molar-refractivity contribution in [2.45, 2.75) is 19.1 Å². The van der Waals surface area contributed by atoms with Crippen LogP contribution in [-0.4, -0.2) is 11.2 Å². The van der Waals surface area contributed by atoms with E-state index in [9.17, 15) is 9.18 Å². The number of rotatable bonds is 2. The van der Waals surface area contributed by atoms with E-state index in [-0.39, 0.29) is 17.0 Å². The molecule has 0 aliphatic carbocycles. The minimum Gasteiger partial charge on any atom is -0.325 e. The number of halogens is 1. The van der Waals surface area contributed by atoms with E-state index in [4.69, 9.17) is 0 Å². The Labute approximate surface area is 87.9 Å². The van der Waals surface area contributed by atoms with Crippen molar-refractivity contribution in [2.75, 3.05) is 5.32 Å². The summed E-state index contributed by atoms with van der Waals surface area (Å²) in [5.41, 5.74) is 1.10. The first-order valence-electron chi connectivity index (χ1n) is 4.26. The van der Waals surface area contributed by atoms with Gasteiger partial charge in [0.25, 0.3) is 0 Å². The maximum absolute atomic E-state index is 12.9. The Hall–Kier alpha value is -1.03. The molecule has 0 aliphatic heterocycles. The average Bonchev–Trinajstić information content (AvgIpc) is 2.11. The molecule has 14 heavy (non-hydrogen) atoms. The van der Waals surface area contributed by atoms with Crippen molar-refractivity contribution in [3.05, 3.63) is 29.6 Å². The number of nitrogens with one attached hydrogen (secondary N) is 1. The fourth-order valence-electron chi connectivity index (χ4n) is 0.969. The molecule has 0 radical (unpaired) electrons. The Morgan fingerprint density at radius 3 is 2.71 bits per heavy atom. The summed E-state index contributed by atoms with van der Waals surface area (Å²) in [7, 11) is 0. The van der Waals surface area contributed by atoms with Crippen LogP contribution in [-0.2, 0) is 4.79 Å². The van der Waals surface area contributed by atoms with Crippen LogP contribution in [0.1, 0.15) is 12.5 Å². The van der Waals surface area contributed by atoms with Gasteiger partial charge in [-0.2, -0.15) is 12.6 Å². The van der Waals surface area contributed by atoms with Gasteiger partial charge in [0, 0.05) is 5.69 Å². The third kappa shape index (κ3) is 2.73. The molecule has 4 heteroatoms. The first kappa shape index (κ1) is 11.0. The van der Waals surface area contributed by atoms with E-state index in [1.807, 2.05) is 0 Å². The summed E-state index contributed by atoms with van der Waals surface area (Å²) in [6, 6.07) is 4.44. The first-order valence-corrected chi connectivity index (χ1v) is 4.77. The molecule has 1 aromatic carbocycles. The van der Waals surface area contributed by atoms with Gasteiger partial charge in [-0.25, -0.2) is 4.39 Å². The smallest absolute Gasteiger partial charge is 0.236 e. The normalized spacial score (nSPS) is 12.3. The maximum Gasteiger partial charge on any atom is 0.236 e. The quantitative estimate of drug-likeness (QED) is 0.726. The summed E-state index contributed by atoms with van der Waals surface area (Å²) in [5, 5.41) is 2.25. The van der Waals surface area contributed by atoms with E-state index < -0.39 is 0 Å². The lowest BCUT2D eigenvalue weighted by atomic mass is 10.2. The molecule has 1 aromatic rings. The van der Waals surface area contributed by atoms with E-state index in [1.54, 1.807) is 19.9 Å². The number of hydrogen-bond donors (Lipinski definition) is 2. The standard InChI is InChI=1S/C10H12FNOS/c1-6-5-8(3-4-9(6)11)12-10(13)7(2)14/h3-5,7,14H,1-2H3,(H,12,13). The third-order valence-corrected chi connectivity index (χ3v) is 2.04. The van der Waals surface area contributed by atoms with Crippen LogP contribution in [0.5, 0.6) is 0 Å². The van der Waals surface area contributed by atoms with Crippen LogP contribution < -0.4 is 5.32 Å². The van der Waals surface area contributed by atoms with Crippen molar-refractivity contribution in [3.8, 4) is 0 Å². The van der Waals surface area contributed by atoms with Crippen LogP contribution in [0, 0.1) is 12.7 Å². The van der Waals surface area contributed by atoms with Crippen molar-refractivity contribution in [1.82, 2.24) is 0 Å². The average molecular weight is 213 g/mol. The Morgan fingerprint density at radius 2 is 2.21 bits per heavy atom. The molecule has 0 bridgehead atoms. The largest absolute Gasteiger partial charge is 0.325 e. The molecule has 0 spiro atoms. The molecule has 0 heterocycles. The SMILES string of the molecule is Cc1cc(NC(=O)C(C)S)ccc1F. The molecular weight excluding hydrogens is 201 g/mol. The van der Waals surface area contributed by atoms with E-state index in [0.717, 1.165) is 0 Å². The monoisotopic (exact) mass is 213 g/mol. The van der Waals surface area contributed by atoms with Gasteiger partial charge < -0.3 is 5.32 Å². The number of anilines is 1. The van der Waals surface area contributed by atoms with Gasteiger partial charge in [-0.05, 0) is 37.6 Å². The molecule has 1 atom stereocenters. The fraction of sp³-hybridized carbons (Fsp3) is 0.300. The van der Waals surface area contributed by atoms with E-state index in [2.05, 4.69) is 17.9 Å². The highest BCUT2D eigenvalue weighted by Gasteiger charge is 2.08. The van der Waals surface area contributed by atoms with Crippen molar-refractivity contribution in [3.63, 3.8) is 0 Å². The summed E-state index contributed by atoms with van der Waals surface area (Å²) >= 11 is 3.98. The zero-order valence-corrected chi connectivity index (χ0v) is 8.94. The molecule has 0 saturated carbocycles. The number of carbonyl (C=O) groups is 1. The molecule has 0 aliphatic rings. The minimum absolute atomic E-state index is 0.195. The highest BCUT2D eigenvalue weighted by molar-refractivity contribution is 7.81. The zero-order chi connectivity index (χ0) is 10.7. The van der Waals surface area contributed by atoms with Crippen LogP contribution in [0.15, 0.2) is 18.2 Å². The van der Waals surface area contributed by atoms with Crippen molar-refractivity contribution in [1.29, 1.82) is 0 Å². The van der Waals surface area contributed by atoms with Crippen molar-refractivity contribution >= 4 is 24.2 Å².